The number of azo groups is 2. The number of fused-ring (bicyclic) bond motifs is 2. The van der Waals surface area contributed by atoms with E-state index in [1.807, 2.05) is 144 Å². The molecule has 0 heterocycles. The number of hydrogen-bond donors (Lipinski definition) is 2. The van der Waals surface area contributed by atoms with Crippen molar-refractivity contribution in [1.82, 2.24) is 0 Å². The molecule has 18 heteroatoms. The molecular weight excluding hydrogens is 1450 g/mol. The number of carbonyl (C=O) groups excluding carboxylic acids is 4. The maximum absolute atomic E-state index is 12.8. The number of benzene rings is 10. The zero-order valence-corrected chi connectivity index (χ0v) is 69.2. The minimum absolute atomic E-state index is 0.0306. The normalized spacial score (nSPS) is 11.7. The molecule has 10 aromatic carbocycles. The number of carbonyl (C=O) groups is 4. The summed E-state index contributed by atoms with van der Waals surface area (Å²) >= 11 is 0. The van der Waals surface area contributed by atoms with Gasteiger partial charge in [0.25, 0.3) is 0 Å². The van der Waals surface area contributed by atoms with Crippen molar-refractivity contribution < 1.29 is 57.1 Å². The van der Waals surface area contributed by atoms with Crippen LogP contribution < -0.4 is 29.6 Å². The molecular formula is C98H114N6O12. The number of unbranched alkanes of at least 4 members (excludes halogenated alkanes) is 9. The zero-order chi connectivity index (χ0) is 82.8. The van der Waals surface area contributed by atoms with Crippen LogP contribution in [0.25, 0.3) is 21.5 Å². The maximum Gasteiger partial charge on any atom is 0.343 e. The molecule has 608 valence electrons. The Morgan fingerprint density at radius 2 is 0.698 bits per heavy atom. The fraction of sp³-hybridized carbons (Fsp3) is 0.347. The molecule has 0 radical (unpaired) electrons. The van der Waals surface area contributed by atoms with Gasteiger partial charge in [-0.15, -0.1) is 10.2 Å². The highest BCUT2D eigenvalue weighted by atomic mass is 16.5. The fourth-order valence-electron chi connectivity index (χ4n) is 12.1. The summed E-state index contributed by atoms with van der Waals surface area (Å²) in [6, 6.07) is 68.4. The minimum atomic E-state index is -0.556. The first kappa shape index (κ1) is 88.0. The molecule has 0 aliphatic rings. The first-order chi connectivity index (χ1) is 55.9. The molecule has 18 nitrogen and oxygen atoms in total. The van der Waals surface area contributed by atoms with Crippen molar-refractivity contribution in [3.05, 3.63) is 277 Å². The first-order valence-corrected chi connectivity index (χ1v) is 40.3. The predicted octanol–water partition coefficient (Wildman–Crippen LogP) is 26.0. The number of anilines is 2. The van der Waals surface area contributed by atoms with E-state index in [1.54, 1.807) is 84.9 Å². The Bertz CT molecular complexity index is 4850. The highest BCUT2D eigenvalue weighted by Crippen LogP contribution is 2.43. The summed E-state index contributed by atoms with van der Waals surface area (Å²) in [5.74, 6) is 0.984. The van der Waals surface area contributed by atoms with Gasteiger partial charge in [0.15, 0.2) is 0 Å². The van der Waals surface area contributed by atoms with Crippen molar-refractivity contribution in [1.29, 1.82) is 0 Å². The molecule has 0 aromatic heterocycles. The summed E-state index contributed by atoms with van der Waals surface area (Å²) < 4.78 is 44.2. The van der Waals surface area contributed by atoms with E-state index < -0.39 is 17.4 Å². The topological polar surface area (TPSA) is 216 Å². The van der Waals surface area contributed by atoms with Crippen LogP contribution in [0, 0.1) is 16.2 Å². The van der Waals surface area contributed by atoms with E-state index >= 15 is 0 Å². The molecule has 10 rings (SSSR count). The van der Waals surface area contributed by atoms with Crippen LogP contribution in [-0.2, 0) is 42.2 Å². The van der Waals surface area contributed by atoms with Gasteiger partial charge in [0.05, 0.1) is 97.0 Å². The third-order valence-electron chi connectivity index (χ3n) is 21.3. The molecule has 0 saturated carbocycles. The zero-order valence-electron chi connectivity index (χ0n) is 69.2. The van der Waals surface area contributed by atoms with Gasteiger partial charge in [0.2, 0.25) is 0 Å². The van der Waals surface area contributed by atoms with E-state index in [4.69, 9.17) is 37.9 Å². The summed E-state index contributed by atoms with van der Waals surface area (Å²) in [5, 5.41) is 29.3. The molecule has 0 fully saturated rings. The van der Waals surface area contributed by atoms with E-state index in [-0.39, 0.29) is 28.2 Å². The van der Waals surface area contributed by atoms with Crippen LogP contribution in [0.5, 0.6) is 23.0 Å². The lowest BCUT2D eigenvalue weighted by Gasteiger charge is -2.39. The summed E-state index contributed by atoms with van der Waals surface area (Å²) in [7, 11) is 0. The van der Waals surface area contributed by atoms with Crippen LogP contribution in [0.3, 0.4) is 0 Å². The van der Waals surface area contributed by atoms with E-state index in [2.05, 4.69) is 103 Å². The lowest BCUT2D eigenvalue weighted by molar-refractivity contribution is -0.160. The van der Waals surface area contributed by atoms with Gasteiger partial charge in [-0.2, -0.15) is 10.2 Å². The molecule has 0 spiro atoms. The molecule has 0 unspecified atom stereocenters. The van der Waals surface area contributed by atoms with Gasteiger partial charge in [-0.3, -0.25) is 4.79 Å². The van der Waals surface area contributed by atoms with Crippen molar-refractivity contribution in [3.63, 3.8) is 0 Å². The molecule has 0 atom stereocenters. The van der Waals surface area contributed by atoms with Gasteiger partial charge in [0.1, 0.15) is 23.0 Å². The lowest BCUT2D eigenvalue weighted by atomic mass is 9.65. The number of nitrogens with zero attached hydrogens (tertiary/aromatic N) is 4. The molecule has 2 N–H and O–H groups in total. The quantitative estimate of drug-likeness (QED) is 0.0120. The summed E-state index contributed by atoms with van der Waals surface area (Å²) in [4.78, 5) is 50.7. The third kappa shape index (κ3) is 26.9. The SMILES string of the molecule is C=COCCCCCCOc1ccc(C(=O)Oc2ccc(CNc3ccc(N=Nc4ccc(C(=O)OCCCCCCOC(=O)C(C)(C)C(C)(C)C)cc4)c4ccccc34)cc2)cc1.C=COCCCCCCOc1ccc(C(=O)Oc2ccc(CNc3ccc(N=Nc4ccc(C(C)(C)C(C)(C)C)cc4)c4ccccc34)cc2)cc1. The number of rotatable bonds is 42. The number of esters is 4. The van der Waals surface area contributed by atoms with Crippen LogP contribution in [0.4, 0.5) is 34.1 Å². The molecule has 0 aliphatic heterocycles. The second kappa shape index (κ2) is 44.1. The molecule has 116 heavy (non-hydrogen) atoms. The van der Waals surface area contributed by atoms with Crippen LogP contribution in [0.2, 0.25) is 0 Å². The Hall–Kier alpha value is -11.9. The standard InChI is InChI=1S/C53H63N3O8.C45H51N3O4/c1-7-60-34-14-8-9-15-35-61-43-30-24-41(25-31-43)50(58)64-44-28-20-39(21-29-44)38-54-47-32-33-48(46-19-13-12-18-45(46)47)56-55-42-26-22-40(23-27-42)49(57)62-36-16-10-11-17-37-63-51(59)53(5,6)52(2,3)4;1-7-50-30-12-8-9-13-31-51-37-26-18-34(19-27-37)43(49)52-38-24-16-33(17-25-38)32-46-41-28-29-42(40-15-11-10-14-39(40)41)48-47-36-22-20-35(21-23-36)45(5,6)44(2,3)4/h7,12-13,18-33,54H,1,8-11,14-17,34-38H2,2-6H3;7,10-11,14-29,46H,1,8-9,12-13,30-32H2,2-6H3. The van der Waals surface area contributed by atoms with E-state index in [1.165, 1.54) is 18.1 Å². The monoisotopic (exact) mass is 1570 g/mol. The van der Waals surface area contributed by atoms with Crippen molar-refractivity contribution in [2.24, 2.45) is 36.7 Å². The van der Waals surface area contributed by atoms with Crippen LogP contribution in [0.1, 0.15) is 194 Å². The highest BCUT2D eigenvalue weighted by Gasteiger charge is 2.41. The van der Waals surface area contributed by atoms with Gasteiger partial charge >= 0.3 is 23.9 Å². The minimum Gasteiger partial charge on any atom is -0.502 e. The largest absolute Gasteiger partial charge is 0.502 e. The van der Waals surface area contributed by atoms with E-state index in [0.717, 1.165) is 138 Å². The van der Waals surface area contributed by atoms with Gasteiger partial charge in [0, 0.05) is 46.0 Å². The second-order valence-corrected chi connectivity index (χ2v) is 31.7. The van der Waals surface area contributed by atoms with Crippen LogP contribution in [-0.4, -0.2) is 63.5 Å². The first-order valence-electron chi connectivity index (χ1n) is 40.3. The van der Waals surface area contributed by atoms with Gasteiger partial charge in [-0.05, 0) is 257 Å². The summed E-state index contributed by atoms with van der Waals surface area (Å²) in [6.45, 7) is 32.9. The Labute approximate surface area is 685 Å². The van der Waals surface area contributed by atoms with Crippen molar-refractivity contribution in [3.8, 4) is 23.0 Å². The fourth-order valence-corrected chi connectivity index (χ4v) is 12.1. The average molecular weight is 1570 g/mol. The Morgan fingerprint density at radius 3 is 1.09 bits per heavy atom. The van der Waals surface area contributed by atoms with Crippen LogP contribution in [0.15, 0.2) is 265 Å². The van der Waals surface area contributed by atoms with Gasteiger partial charge in [-0.1, -0.05) is 153 Å². The molecule has 0 bridgehead atoms. The Kier molecular flexibility index (Phi) is 33.5. The molecule has 0 amide bonds. The highest BCUT2D eigenvalue weighted by molar-refractivity contribution is 6.02. The lowest BCUT2D eigenvalue weighted by Crippen LogP contribution is -2.39. The molecule has 10 aromatic rings. The molecule has 0 aliphatic carbocycles. The Morgan fingerprint density at radius 1 is 0.345 bits per heavy atom. The number of nitrogens with one attached hydrogen (secondary N) is 2. The van der Waals surface area contributed by atoms with E-state index in [9.17, 15) is 19.2 Å². The van der Waals surface area contributed by atoms with Gasteiger partial charge in [-0.25, -0.2) is 14.4 Å². The average Bonchev–Trinajstić information content (AvgIpc) is 0.801. The van der Waals surface area contributed by atoms with Crippen molar-refractivity contribution in [2.45, 2.75) is 165 Å². The van der Waals surface area contributed by atoms with Crippen LogP contribution >= 0.6 is 0 Å². The molecule has 0 saturated heterocycles. The predicted molar refractivity (Wildman–Crippen MR) is 465 cm³/mol. The summed E-state index contributed by atoms with van der Waals surface area (Å²) in [6.07, 6.45) is 14.4. The van der Waals surface area contributed by atoms with Gasteiger partial charge < -0.3 is 48.5 Å². The number of hydrogen-bond acceptors (Lipinski definition) is 18. The third-order valence-corrected chi connectivity index (χ3v) is 21.3. The second-order valence-electron chi connectivity index (χ2n) is 31.7. The van der Waals surface area contributed by atoms with Crippen molar-refractivity contribution >= 4 is 79.5 Å². The van der Waals surface area contributed by atoms with Crippen molar-refractivity contribution in [2.75, 3.05) is 50.3 Å². The Balaban J connectivity index is 0.000000271. The summed E-state index contributed by atoms with van der Waals surface area (Å²) in [5.41, 5.74) is 9.02. The number of ether oxygens (including phenoxy) is 8. The van der Waals surface area contributed by atoms with E-state index in [0.29, 0.717) is 98.0 Å². The smallest absolute Gasteiger partial charge is 0.343 e. The maximum atomic E-state index is 12.8.